The molecule has 4 rings (SSSR count). The zero-order valence-electron chi connectivity index (χ0n) is 18.3. The van der Waals surface area contributed by atoms with Crippen LogP contribution in [0.1, 0.15) is 31.1 Å². The fraction of sp³-hybridized carbons (Fsp3) is 0.391. The van der Waals surface area contributed by atoms with Crippen molar-refractivity contribution in [2.75, 3.05) is 37.1 Å². The lowest BCUT2D eigenvalue weighted by atomic mass is 9.84. The summed E-state index contributed by atoms with van der Waals surface area (Å²) in [4.78, 5) is 28.0. The summed E-state index contributed by atoms with van der Waals surface area (Å²) >= 11 is 0. The molecule has 1 saturated heterocycles. The molecular formula is C23H29N5O3. The first-order valence-corrected chi connectivity index (χ1v) is 10.4. The highest BCUT2D eigenvalue weighted by atomic mass is 16.4. The van der Waals surface area contributed by atoms with Gasteiger partial charge in [-0.25, -0.2) is 4.79 Å². The summed E-state index contributed by atoms with van der Waals surface area (Å²) in [6.45, 7) is 7.15. The van der Waals surface area contributed by atoms with Crippen molar-refractivity contribution in [1.82, 2.24) is 15.3 Å². The second-order valence-electron chi connectivity index (χ2n) is 9.21. The van der Waals surface area contributed by atoms with E-state index in [1.54, 1.807) is 4.90 Å². The minimum absolute atomic E-state index is 0.0627. The van der Waals surface area contributed by atoms with Crippen LogP contribution in [0.4, 0.5) is 16.2 Å². The smallest absolute Gasteiger partial charge is 0.407 e. The van der Waals surface area contributed by atoms with Crippen LogP contribution in [-0.2, 0) is 0 Å². The molecular weight excluding hydrogens is 394 g/mol. The van der Waals surface area contributed by atoms with E-state index in [9.17, 15) is 14.7 Å². The lowest BCUT2D eigenvalue weighted by molar-refractivity contribution is 0.0198. The minimum atomic E-state index is -0.929. The Morgan fingerprint density at radius 2 is 1.71 bits per heavy atom. The van der Waals surface area contributed by atoms with Gasteiger partial charge in [0.15, 0.2) is 0 Å². The van der Waals surface area contributed by atoms with E-state index in [1.807, 2.05) is 63.2 Å². The number of hydrogen-bond acceptors (Lipinski definition) is 5. The van der Waals surface area contributed by atoms with Crippen LogP contribution in [-0.4, -0.2) is 59.6 Å². The summed E-state index contributed by atoms with van der Waals surface area (Å²) in [5.41, 5.74) is 10.7. The molecule has 1 fully saturated rings. The third-order valence-corrected chi connectivity index (χ3v) is 6.09. The second-order valence-corrected chi connectivity index (χ2v) is 9.21. The number of nitrogens with one attached hydrogen (secondary N) is 2. The molecule has 0 bridgehead atoms. The zero-order chi connectivity index (χ0) is 22.3. The lowest BCUT2D eigenvalue weighted by Gasteiger charge is -2.45. The average molecular weight is 424 g/mol. The molecule has 0 saturated carbocycles. The highest BCUT2D eigenvalue weighted by molar-refractivity contribution is 5.95. The predicted molar refractivity (Wildman–Crippen MR) is 121 cm³/mol. The summed E-state index contributed by atoms with van der Waals surface area (Å²) in [6, 6.07) is 13.5. The van der Waals surface area contributed by atoms with Gasteiger partial charge >= 0.3 is 6.09 Å². The average Bonchev–Trinajstić information content (AvgIpc) is 3.12. The van der Waals surface area contributed by atoms with Crippen LogP contribution in [0.5, 0.6) is 0 Å². The van der Waals surface area contributed by atoms with Gasteiger partial charge in [0.1, 0.15) is 0 Å². The number of hydrogen-bond donors (Lipinski definition) is 3. The Morgan fingerprint density at radius 3 is 2.35 bits per heavy atom. The van der Waals surface area contributed by atoms with E-state index in [4.69, 9.17) is 0 Å². The summed E-state index contributed by atoms with van der Waals surface area (Å²) < 4.78 is 0. The van der Waals surface area contributed by atoms with Crippen LogP contribution >= 0.6 is 0 Å². The maximum atomic E-state index is 13.1. The molecule has 164 valence electrons. The Kier molecular flexibility index (Phi) is 5.26. The standard InChI is InChI=1S/C23H29N5O3/c1-23(2,3)20-14-27(11-12-28(20)22(30)31)21(29)16-7-5-15(6-8-16)17-9-10-19-18(13-17)24-25-26(19)4/h5-10,13,20,24-25H,11-12,14H2,1-4H3,(H,30,31). The van der Waals surface area contributed by atoms with Crippen molar-refractivity contribution < 1.29 is 14.7 Å². The SMILES string of the molecule is CN1NNc2cc(-c3ccc(C(=O)N4CCN(C(=O)O)C(C(C)(C)C)C4)cc3)ccc21. The van der Waals surface area contributed by atoms with E-state index >= 15 is 0 Å². The summed E-state index contributed by atoms with van der Waals surface area (Å²) in [5.74, 6) is -0.0627. The lowest BCUT2D eigenvalue weighted by Crippen LogP contribution is -2.60. The Hall–Kier alpha value is -3.26. The summed E-state index contributed by atoms with van der Waals surface area (Å²) in [5, 5.41) is 11.4. The molecule has 2 aromatic rings. The summed E-state index contributed by atoms with van der Waals surface area (Å²) in [6.07, 6.45) is -0.929. The number of fused-ring (bicyclic) bond motifs is 1. The highest BCUT2D eigenvalue weighted by Gasteiger charge is 2.39. The molecule has 0 aliphatic carbocycles. The Labute approximate surface area is 182 Å². The van der Waals surface area contributed by atoms with Crippen LogP contribution in [0.15, 0.2) is 42.5 Å². The van der Waals surface area contributed by atoms with E-state index in [0.29, 0.717) is 25.2 Å². The van der Waals surface area contributed by atoms with Gasteiger partial charge in [-0.1, -0.05) is 39.0 Å². The van der Waals surface area contributed by atoms with Crippen molar-refractivity contribution in [1.29, 1.82) is 0 Å². The zero-order valence-corrected chi connectivity index (χ0v) is 18.3. The molecule has 2 aliphatic rings. The molecule has 2 aromatic carbocycles. The number of carbonyl (C=O) groups is 2. The van der Waals surface area contributed by atoms with Crippen LogP contribution in [0.25, 0.3) is 11.1 Å². The number of rotatable bonds is 2. The molecule has 1 unspecified atom stereocenters. The fourth-order valence-electron chi connectivity index (χ4n) is 4.24. The third-order valence-electron chi connectivity index (χ3n) is 6.09. The fourth-order valence-corrected chi connectivity index (χ4v) is 4.24. The van der Waals surface area contributed by atoms with E-state index in [0.717, 1.165) is 22.5 Å². The molecule has 0 radical (unpaired) electrons. The van der Waals surface area contributed by atoms with Crippen molar-refractivity contribution in [3.05, 3.63) is 48.0 Å². The predicted octanol–water partition coefficient (Wildman–Crippen LogP) is 3.49. The Balaban J connectivity index is 1.50. The number of anilines is 2. The van der Waals surface area contributed by atoms with Gasteiger partial charge in [0, 0.05) is 32.2 Å². The normalized spacial score (nSPS) is 18.6. The van der Waals surface area contributed by atoms with Crippen molar-refractivity contribution >= 4 is 23.4 Å². The number of amides is 2. The second kappa shape index (κ2) is 7.77. The Bertz CT molecular complexity index is 999. The molecule has 0 spiro atoms. The quantitative estimate of drug-likeness (QED) is 0.685. The van der Waals surface area contributed by atoms with Gasteiger partial charge < -0.3 is 20.3 Å². The molecule has 2 amide bonds. The minimum Gasteiger partial charge on any atom is -0.465 e. The van der Waals surface area contributed by atoms with Gasteiger partial charge in [-0.3, -0.25) is 9.80 Å². The van der Waals surface area contributed by atoms with Crippen LogP contribution in [0.2, 0.25) is 0 Å². The van der Waals surface area contributed by atoms with Gasteiger partial charge in [0.05, 0.1) is 17.4 Å². The molecule has 3 N–H and O–H groups in total. The number of carbonyl (C=O) groups excluding carboxylic acids is 1. The van der Waals surface area contributed by atoms with E-state index < -0.39 is 6.09 Å². The molecule has 8 nitrogen and oxygen atoms in total. The first kappa shape index (κ1) is 21.0. The highest BCUT2D eigenvalue weighted by Crippen LogP contribution is 2.33. The van der Waals surface area contributed by atoms with Crippen molar-refractivity contribution in [2.45, 2.75) is 26.8 Å². The van der Waals surface area contributed by atoms with Crippen molar-refractivity contribution in [3.8, 4) is 11.1 Å². The van der Waals surface area contributed by atoms with Gasteiger partial charge in [0.25, 0.3) is 5.91 Å². The van der Waals surface area contributed by atoms with Crippen molar-refractivity contribution in [2.24, 2.45) is 5.41 Å². The molecule has 31 heavy (non-hydrogen) atoms. The molecule has 8 heteroatoms. The molecule has 0 aromatic heterocycles. The van der Waals surface area contributed by atoms with Crippen LogP contribution in [0, 0.1) is 5.41 Å². The van der Waals surface area contributed by atoms with Gasteiger partial charge in [-0.05, 0) is 40.8 Å². The Morgan fingerprint density at radius 1 is 1.03 bits per heavy atom. The monoisotopic (exact) mass is 423 g/mol. The maximum Gasteiger partial charge on any atom is 0.407 e. The van der Waals surface area contributed by atoms with Crippen molar-refractivity contribution in [3.63, 3.8) is 0 Å². The molecule has 2 aliphatic heterocycles. The van der Waals surface area contributed by atoms with Gasteiger partial charge in [-0.15, -0.1) is 5.53 Å². The van der Waals surface area contributed by atoms with Crippen LogP contribution in [0.3, 0.4) is 0 Å². The largest absolute Gasteiger partial charge is 0.465 e. The number of carboxylic acid groups (broad SMARTS) is 1. The first-order chi connectivity index (χ1) is 14.6. The maximum absolute atomic E-state index is 13.1. The number of piperazine rings is 1. The van der Waals surface area contributed by atoms with Gasteiger partial charge in [-0.2, -0.15) is 0 Å². The number of benzene rings is 2. The topological polar surface area (TPSA) is 88.2 Å². The molecule has 1 atom stereocenters. The van der Waals surface area contributed by atoms with Crippen LogP contribution < -0.4 is 16.0 Å². The van der Waals surface area contributed by atoms with E-state index in [1.165, 1.54) is 4.90 Å². The number of nitrogens with zero attached hydrogens (tertiary/aromatic N) is 3. The third kappa shape index (κ3) is 4.03. The molecule has 2 heterocycles. The summed E-state index contributed by atoms with van der Waals surface area (Å²) in [7, 11) is 1.94. The number of hydrazine groups is 2. The van der Waals surface area contributed by atoms with Gasteiger partial charge in [0.2, 0.25) is 0 Å². The van der Waals surface area contributed by atoms with E-state index in [2.05, 4.69) is 23.1 Å². The van der Waals surface area contributed by atoms with E-state index in [-0.39, 0.29) is 17.4 Å². The first-order valence-electron chi connectivity index (χ1n) is 10.4.